The van der Waals surface area contributed by atoms with Crippen LogP contribution in [0.25, 0.3) is 22.4 Å². The van der Waals surface area contributed by atoms with Crippen LogP contribution < -0.4 is 0 Å². The summed E-state index contributed by atoms with van der Waals surface area (Å²) < 4.78 is 69.2. The van der Waals surface area contributed by atoms with Crippen molar-refractivity contribution in [2.45, 2.75) is 12.7 Å². The van der Waals surface area contributed by atoms with Gasteiger partial charge in [-0.2, -0.15) is 5.10 Å². The highest BCUT2D eigenvalue weighted by atomic mass is 19.4. The average Bonchev–Trinajstić information content (AvgIpc) is 3.19. The molecule has 0 saturated heterocycles. The van der Waals surface area contributed by atoms with Gasteiger partial charge in [-0.15, -0.1) is 26.3 Å². The van der Waals surface area contributed by atoms with E-state index in [1.165, 1.54) is 5.56 Å². The van der Waals surface area contributed by atoms with E-state index in [0.29, 0.717) is 14.2 Å². The first-order valence-corrected chi connectivity index (χ1v) is 7.95. The molecule has 0 aliphatic carbocycles. The van der Waals surface area contributed by atoms with Gasteiger partial charge in [0, 0.05) is 25.3 Å². The van der Waals surface area contributed by atoms with Gasteiger partial charge >= 0.3 is 12.7 Å². The molecule has 0 atom stereocenters. The molecule has 0 radical (unpaired) electrons. The number of nitrogens with zero attached hydrogens (tertiary/aromatic N) is 1. The summed E-state index contributed by atoms with van der Waals surface area (Å²) in [4.78, 5) is 0. The lowest BCUT2D eigenvalue weighted by Crippen LogP contribution is -2.08. The maximum atomic E-state index is 10.6. The second kappa shape index (κ2) is 11.2. The zero-order valence-corrected chi connectivity index (χ0v) is 15.4. The monoisotopic (exact) mass is 420 g/mol. The van der Waals surface area contributed by atoms with Crippen molar-refractivity contribution in [2.24, 2.45) is 0 Å². The molecule has 1 aromatic heterocycles. The minimum absolute atomic E-state index is 0.583. The molecule has 1 heterocycles. The smallest absolute Gasteiger partial charge is 0.295 e. The van der Waals surface area contributed by atoms with Gasteiger partial charge in [-0.3, -0.25) is 14.6 Å². The summed E-state index contributed by atoms with van der Waals surface area (Å²) in [7, 11) is 1.17. The van der Waals surface area contributed by atoms with Crippen molar-refractivity contribution in [3.8, 4) is 22.4 Å². The summed E-state index contributed by atoms with van der Waals surface area (Å²) in [6.07, 6.45) is -7.04. The predicted molar refractivity (Wildman–Crippen MR) is 95.6 cm³/mol. The van der Waals surface area contributed by atoms with Crippen LogP contribution in [0.2, 0.25) is 0 Å². The molecule has 0 saturated carbocycles. The molecule has 0 spiro atoms. The minimum Gasteiger partial charge on any atom is -0.295 e. The Morgan fingerprint density at radius 2 is 1.07 bits per heavy atom. The molecule has 0 amide bonds. The van der Waals surface area contributed by atoms with E-state index in [0.717, 1.165) is 16.8 Å². The van der Waals surface area contributed by atoms with E-state index >= 15 is 0 Å². The molecule has 2 aromatic carbocycles. The molecule has 4 nitrogen and oxygen atoms in total. The van der Waals surface area contributed by atoms with Gasteiger partial charge < -0.3 is 0 Å². The fourth-order valence-electron chi connectivity index (χ4n) is 1.95. The van der Waals surface area contributed by atoms with Gasteiger partial charge in [-0.1, -0.05) is 60.7 Å². The Hall–Kier alpha value is -2.85. The molecule has 0 fully saturated rings. The Balaban J connectivity index is 0.000000293. The number of nitrogens with one attached hydrogen (secondary N) is 1. The van der Waals surface area contributed by atoms with Crippen molar-refractivity contribution >= 4 is 0 Å². The first kappa shape index (κ1) is 24.2. The zero-order valence-electron chi connectivity index (χ0n) is 15.4. The maximum Gasteiger partial charge on any atom is 0.522 e. The molecule has 0 aliphatic rings. The molecular weight excluding hydrogens is 402 g/mol. The topological polar surface area (TPSA) is 47.1 Å². The summed E-state index contributed by atoms with van der Waals surface area (Å²) in [5, 5.41) is 7.22. The van der Waals surface area contributed by atoms with Crippen molar-refractivity contribution < 1.29 is 35.8 Å². The summed E-state index contributed by atoms with van der Waals surface area (Å²) >= 11 is 0. The number of hydrogen-bond donors (Lipinski definition) is 1. The van der Waals surface area contributed by atoms with Crippen LogP contribution in [0.15, 0.2) is 66.9 Å². The van der Waals surface area contributed by atoms with Gasteiger partial charge in [0.1, 0.15) is 0 Å². The summed E-state index contributed by atoms with van der Waals surface area (Å²) in [5.74, 6) is 0. The Morgan fingerprint density at radius 3 is 1.45 bits per heavy atom. The average molecular weight is 420 g/mol. The number of alkyl halides is 6. The Morgan fingerprint density at radius 1 is 0.690 bits per heavy atom. The third-order valence-corrected chi connectivity index (χ3v) is 3.25. The number of H-pyrrole nitrogens is 1. The molecule has 0 bridgehead atoms. The third kappa shape index (κ3) is 9.77. The van der Waals surface area contributed by atoms with Crippen LogP contribution in [0.5, 0.6) is 0 Å². The Bertz CT molecular complexity index is 750. The lowest BCUT2D eigenvalue weighted by Gasteiger charge is -2.02. The van der Waals surface area contributed by atoms with Crippen LogP contribution in [0, 0.1) is 0 Å². The fourth-order valence-corrected chi connectivity index (χ4v) is 1.95. The van der Waals surface area contributed by atoms with Crippen molar-refractivity contribution in [1.82, 2.24) is 10.2 Å². The number of rotatable bonds is 2. The third-order valence-electron chi connectivity index (χ3n) is 3.25. The molecule has 0 unspecified atom stereocenters. The van der Waals surface area contributed by atoms with E-state index < -0.39 is 12.7 Å². The van der Waals surface area contributed by atoms with Crippen LogP contribution in [-0.2, 0) is 9.47 Å². The highest BCUT2D eigenvalue weighted by Gasteiger charge is 2.26. The summed E-state index contributed by atoms with van der Waals surface area (Å²) in [6.45, 7) is 0. The lowest BCUT2D eigenvalue weighted by molar-refractivity contribution is -0.312. The molecule has 29 heavy (non-hydrogen) atoms. The van der Waals surface area contributed by atoms with Crippen molar-refractivity contribution in [3.63, 3.8) is 0 Å². The number of benzene rings is 2. The van der Waals surface area contributed by atoms with Crippen LogP contribution in [-0.4, -0.2) is 37.1 Å². The van der Waals surface area contributed by atoms with Gasteiger partial charge in [-0.25, -0.2) is 0 Å². The fraction of sp³-hybridized carbons (Fsp3) is 0.211. The Kier molecular flexibility index (Phi) is 9.36. The first-order valence-electron chi connectivity index (χ1n) is 7.95. The predicted octanol–water partition coefficient (Wildman–Crippen LogP) is 6.05. The van der Waals surface area contributed by atoms with E-state index in [1.807, 2.05) is 42.6 Å². The molecule has 3 aromatic rings. The van der Waals surface area contributed by atoms with Gasteiger partial charge in [0.2, 0.25) is 0 Å². The lowest BCUT2D eigenvalue weighted by atomic mass is 10.0. The van der Waals surface area contributed by atoms with Crippen LogP contribution in [0.4, 0.5) is 26.3 Å². The van der Waals surface area contributed by atoms with Gasteiger partial charge in [0.15, 0.2) is 0 Å². The van der Waals surface area contributed by atoms with Crippen molar-refractivity contribution in [3.05, 3.63) is 66.9 Å². The molecule has 3 rings (SSSR count). The second-order valence-corrected chi connectivity index (χ2v) is 5.19. The van der Waals surface area contributed by atoms with Crippen molar-refractivity contribution in [2.75, 3.05) is 14.2 Å². The van der Waals surface area contributed by atoms with E-state index in [-0.39, 0.29) is 0 Å². The highest BCUT2D eigenvalue weighted by Crippen LogP contribution is 2.29. The zero-order chi connectivity index (χ0) is 21.9. The number of halogens is 6. The molecule has 10 heteroatoms. The van der Waals surface area contributed by atoms with Crippen molar-refractivity contribution in [1.29, 1.82) is 0 Å². The normalized spacial score (nSPS) is 11.0. The summed E-state index contributed by atoms with van der Waals surface area (Å²) in [5.41, 5.74) is 4.54. The minimum atomic E-state index is -4.46. The standard InChI is InChI=1S/C15H12N2.2C2H3F3O/c1-3-7-12(8-4-1)14-11-16-17-15(14)13-9-5-2-6-10-13;2*1-6-2(3,4)5/h1-11H,(H,16,17);2*1H3. The van der Waals surface area contributed by atoms with Crippen LogP contribution >= 0.6 is 0 Å². The van der Waals surface area contributed by atoms with Gasteiger partial charge in [0.05, 0.1) is 11.9 Å². The second-order valence-electron chi connectivity index (χ2n) is 5.19. The maximum absolute atomic E-state index is 10.6. The number of ether oxygens (including phenoxy) is 2. The molecule has 1 N–H and O–H groups in total. The first-order chi connectivity index (χ1) is 13.6. The number of aromatic nitrogens is 2. The SMILES string of the molecule is COC(F)(F)F.COC(F)(F)F.c1ccc(-c2cn[nH]c2-c2ccccc2)cc1. The van der Waals surface area contributed by atoms with Gasteiger partial charge in [-0.05, 0) is 5.56 Å². The van der Waals surface area contributed by atoms with E-state index in [1.54, 1.807) is 0 Å². The number of hydrogen-bond acceptors (Lipinski definition) is 3. The largest absolute Gasteiger partial charge is 0.522 e. The summed E-state index contributed by atoms with van der Waals surface area (Å²) in [6, 6.07) is 20.5. The number of methoxy groups -OCH3 is 2. The molecule has 158 valence electrons. The molecular formula is C19H18F6N2O2. The van der Waals surface area contributed by atoms with Gasteiger partial charge in [0.25, 0.3) is 0 Å². The molecule has 0 aliphatic heterocycles. The highest BCUT2D eigenvalue weighted by molar-refractivity contribution is 5.80. The van der Waals surface area contributed by atoms with Crippen LogP contribution in [0.1, 0.15) is 0 Å². The van der Waals surface area contributed by atoms with Crippen LogP contribution in [0.3, 0.4) is 0 Å². The van der Waals surface area contributed by atoms with E-state index in [4.69, 9.17) is 0 Å². The van der Waals surface area contributed by atoms with E-state index in [2.05, 4.69) is 43.9 Å². The van der Waals surface area contributed by atoms with E-state index in [9.17, 15) is 26.3 Å². The Labute approximate surface area is 163 Å². The number of aromatic amines is 1. The quantitative estimate of drug-likeness (QED) is 0.514.